The minimum Gasteiger partial charge on any atom is -0.491 e. The van der Waals surface area contributed by atoms with Crippen LogP contribution in [0.2, 0.25) is 10.0 Å². The van der Waals surface area contributed by atoms with Gasteiger partial charge >= 0.3 is 5.97 Å². The Morgan fingerprint density at radius 1 is 1.47 bits per heavy atom. The van der Waals surface area contributed by atoms with Crippen molar-refractivity contribution < 1.29 is 14.6 Å². The summed E-state index contributed by atoms with van der Waals surface area (Å²) in [6, 6.07) is 4.96. The zero-order valence-corrected chi connectivity index (χ0v) is 10.8. The normalized spacial score (nSPS) is 10.6. The largest absolute Gasteiger partial charge is 0.491 e. The first kappa shape index (κ1) is 14.1. The summed E-state index contributed by atoms with van der Waals surface area (Å²) < 4.78 is 5.42. The summed E-state index contributed by atoms with van der Waals surface area (Å²) >= 11 is 11.7. The third kappa shape index (κ3) is 5.26. The van der Waals surface area contributed by atoms with Crippen molar-refractivity contribution >= 4 is 29.2 Å². The quantitative estimate of drug-likeness (QED) is 0.868. The second-order valence-electron chi connectivity index (χ2n) is 3.55. The molecule has 0 spiro atoms. The molecule has 0 aliphatic rings. The molecule has 0 radical (unpaired) electrons. The lowest BCUT2D eigenvalue weighted by Crippen LogP contribution is -2.29. The molecule has 0 aliphatic heterocycles. The van der Waals surface area contributed by atoms with Gasteiger partial charge in [0.05, 0.1) is 11.6 Å². The fourth-order valence-corrected chi connectivity index (χ4v) is 1.68. The van der Waals surface area contributed by atoms with Gasteiger partial charge in [-0.2, -0.15) is 0 Å². The van der Waals surface area contributed by atoms with Crippen LogP contribution in [0.25, 0.3) is 0 Å². The van der Waals surface area contributed by atoms with Crippen molar-refractivity contribution in [3.05, 3.63) is 28.2 Å². The summed E-state index contributed by atoms with van der Waals surface area (Å²) in [5.41, 5.74) is 0. The summed E-state index contributed by atoms with van der Waals surface area (Å²) in [4.78, 5) is 12.1. The van der Waals surface area contributed by atoms with Crippen molar-refractivity contribution in [2.75, 3.05) is 26.7 Å². The predicted molar refractivity (Wildman–Crippen MR) is 67.1 cm³/mol. The van der Waals surface area contributed by atoms with E-state index in [4.69, 9.17) is 33.0 Å². The summed E-state index contributed by atoms with van der Waals surface area (Å²) in [5.74, 6) is -0.322. The second-order valence-corrected chi connectivity index (χ2v) is 4.40. The van der Waals surface area contributed by atoms with Crippen molar-refractivity contribution in [2.45, 2.75) is 0 Å². The van der Waals surface area contributed by atoms with Crippen molar-refractivity contribution in [1.82, 2.24) is 4.90 Å². The number of likely N-dealkylation sites (N-methyl/N-ethyl adjacent to an activating group) is 1. The van der Waals surface area contributed by atoms with E-state index in [1.54, 1.807) is 30.1 Å². The first-order valence-corrected chi connectivity index (χ1v) is 5.73. The molecule has 6 heteroatoms. The highest BCUT2D eigenvalue weighted by atomic mass is 35.5. The lowest BCUT2D eigenvalue weighted by molar-refractivity contribution is -0.138. The fraction of sp³-hybridized carbons (Fsp3) is 0.364. The molecule has 0 heterocycles. The zero-order valence-electron chi connectivity index (χ0n) is 9.32. The number of ether oxygens (including phenoxy) is 1. The van der Waals surface area contributed by atoms with Crippen molar-refractivity contribution in [1.29, 1.82) is 0 Å². The molecule has 0 amide bonds. The standard InChI is InChI=1S/C11H13Cl2NO3/c1-14(7-11(15)16)4-5-17-10-3-2-8(12)6-9(10)13/h2-3,6H,4-5,7H2,1H3,(H,15,16). The van der Waals surface area contributed by atoms with E-state index in [0.717, 1.165) is 0 Å². The highest BCUT2D eigenvalue weighted by Crippen LogP contribution is 2.27. The number of benzene rings is 1. The SMILES string of the molecule is CN(CCOc1ccc(Cl)cc1Cl)CC(=O)O. The predicted octanol–water partition coefficient (Wildman–Crippen LogP) is 2.39. The van der Waals surface area contributed by atoms with E-state index in [1.807, 2.05) is 0 Å². The van der Waals surface area contributed by atoms with Crippen LogP contribution in [-0.4, -0.2) is 42.7 Å². The lowest BCUT2D eigenvalue weighted by atomic mass is 10.3. The molecule has 94 valence electrons. The summed E-state index contributed by atoms with van der Waals surface area (Å²) in [6.07, 6.45) is 0. The highest BCUT2D eigenvalue weighted by molar-refractivity contribution is 6.35. The molecule has 0 bridgehead atoms. The number of hydrogen-bond acceptors (Lipinski definition) is 3. The van der Waals surface area contributed by atoms with Crippen LogP contribution in [-0.2, 0) is 4.79 Å². The van der Waals surface area contributed by atoms with E-state index in [2.05, 4.69) is 0 Å². The highest BCUT2D eigenvalue weighted by Gasteiger charge is 2.05. The maximum atomic E-state index is 10.4. The average Bonchev–Trinajstić information content (AvgIpc) is 2.20. The summed E-state index contributed by atoms with van der Waals surface area (Å²) in [5, 5.41) is 9.55. The van der Waals surface area contributed by atoms with E-state index in [1.165, 1.54) is 0 Å². The zero-order chi connectivity index (χ0) is 12.8. The van der Waals surface area contributed by atoms with Gasteiger partial charge in [0.25, 0.3) is 0 Å². The molecule has 1 N–H and O–H groups in total. The summed E-state index contributed by atoms with van der Waals surface area (Å²) in [6.45, 7) is 0.855. The number of hydrogen-bond donors (Lipinski definition) is 1. The first-order chi connectivity index (χ1) is 7.99. The van der Waals surface area contributed by atoms with Gasteiger partial charge in [0.15, 0.2) is 0 Å². The fourth-order valence-electron chi connectivity index (χ4n) is 1.21. The Hall–Kier alpha value is -0.970. The van der Waals surface area contributed by atoms with Crippen LogP contribution in [0.4, 0.5) is 0 Å². The van der Waals surface area contributed by atoms with Gasteiger partial charge in [0.1, 0.15) is 12.4 Å². The van der Waals surface area contributed by atoms with Crippen LogP contribution in [0.5, 0.6) is 5.75 Å². The maximum absolute atomic E-state index is 10.4. The van der Waals surface area contributed by atoms with Gasteiger partial charge in [0.2, 0.25) is 0 Å². The molecule has 0 saturated heterocycles. The number of carboxylic acid groups (broad SMARTS) is 1. The van der Waals surface area contributed by atoms with E-state index >= 15 is 0 Å². The second kappa shape index (κ2) is 6.69. The minimum absolute atomic E-state index is 0.0162. The van der Waals surface area contributed by atoms with Gasteiger partial charge in [-0.3, -0.25) is 9.69 Å². The number of carboxylic acids is 1. The molecule has 0 aromatic heterocycles. The van der Waals surface area contributed by atoms with Crippen LogP contribution in [0.15, 0.2) is 18.2 Å². The van der Waals surface area contributed by atoms with Crippen LogP contribution >= 0.6 is 23.2 Å². The van der Waals surface area contributed by atoms with Gasteiger partial charge in [-0.25, -0.2) is 0 Å². The number of rotatable bonds is 6. The molecule has 0 aliphatic carbocycles. The molecule has 1 rings (SSSR count). The average molecular weight is 278 g/mol. The van der Waals surface area contributed by atoms with E-state index in [9.17, 15) is 4.79 Å². The molecule has 1 aromatic rings. The van der Waals surface area contributed by atoms with Gasteiger partial charge in [-0.1, -0.05) is 23.2 Å². The van der Waals surface area contributed by atoms with E-state index < -0.39 is 5.97 Å². The van der Waals surface area contributed by atoms with Crippen molar-refractivity contribution in [3.63, 3.8) is 0 Å². The number of halogens is 2. The van der Waals surface area contributed by atoms with Gasteiger partial charge in [-0.15, -0.1) is 0 Å². The summed E-state index contributed by atoms with van der Waals surface area (Å²) in [7, 11) is 1.71. The van der Waals surface area contributed by atoms with Gasteiger partial charge < -0.3 is 9.84 Å². The monoisotopic (exact) mass is 277 g/mol. The Bertz CT molecular complexity index is 398. The van der Waals surface area contributed by atoms with Crippen LogP contribution in [0, 0.1) is 0 Å². The van der Waals surface area contributed by atoms with E-state index in [0.29, 0.717) is 28.9 Å². The molecular weight excluding hydrogens is 265 g/mol. The third-order valence-corrected chi connectivity index (χ3v) is 2.56. The minimum atomic E-state index is -0.864. The maximum Gasteiger partial charge on any atom is 0.317 e. The van der Waals surface area contributed by atoms with Crippen LogP contribution < -0.4 is 4.74 Å². The van der Waals surface area contributed by atoms with Gasteiger partial charge in [0, 0.05) is 11.6 Å². The molecule has 4 nitrogen and oxygen atoms in total. The number of aliphatic carboxylic acids is 1. The molecule has 1 aromatic carbocycles. The molecule has 0 unspecified atom stereocenters. The van der Waals surface area contributed by atoms with Crippen molar-refractivity contribution in [2.24, 2.45) is 0 Å². The molecule has 0 saturated carbocycles. The first-order valence-electron chi connectivity index (χ1n) is 4.97. The van der Waals surface area contributed by atoms with Crippen LogP contribution in [0.3, 0.4) is 0 Å². The lowest BCUT2D eigenvalue weighted by Gasteiger charge is -2.14. The molecular formula is C11H13Cl2NO3. The van der Waals surface area contributed by atoms with Crippen molar-refractivity contribution in [3.8, 4) is 5.75 Å². The Labute approximate surface area is 110 Å². The molecule has 0 fully saturated rings. The van der Waals surface area contributed by atoms with Crippen LogP contribution in [0.1, 0.15) is 0 Å². The Balaban J connectivity index is 2.38. The third-order valence-electron chi connectivity index (χ3n) is 2.03. The smallest absolute Gasteiger partial charge is 0.317 e. The topological polar surface area (TPSA) is 49.8 Å². The number of nitrogens with zero attached hydrogens (tertiary/aromatic N) is 1. The Kier molecular flexibility index (Phi) is 5.55. The Morgan fingerprint density at radius 2 is 2.18 bits per heavy atom. The number of carbonyl (C=O) groups is 1. The Morgan fingerprint density at radius 3 is 2.76 bits per heavy atom. The molecule has 0 atom stereocenters. The van der Waals surface area contributed by atoms with Gasteiger partial charge in [-0.05, 0) is 25.2 Å². The van der Waals surface area contributed by atoms with E-state index in [-0.39, 0.29) is 6.54 Å². The molecule has 17 heavy (non-hydrogen) atoms.